The molecular weight excluding hydrogens is 244 g/mol. The van der Waals surface area contributed by atoms with Gasteiger partial charge in [0, 0.05) is 23.6 Å². The van der Waals surface area contributed by atoms with E-state index in [-0.39, 0.29) is 11.5 Å². The van der Waals surface area contributed by atoms with Crippen molar-refractivity contribution in [3.05, 3.63) is 52.8 Å². The molecule has 0 bridgehead atoms. The van der Waals surface area contributed by atoms with Crippen molar-refractivity contribution in [2.24, 2.45) is 11.1 Å². The molecule has 0 fully saturated rings. The monoisotopic (exact) mass is 268 g/mol. The molecule has 2 heteroatoms. The lowest BCUT2D eigenvalue weighted by molar-refractivity contribution is 0.278. The molecule has 1 aromatic carbocycles. The zero-order valence-electron chi connectivity index (χ0n) is 12.9. The zero-order chi connectivity index (χ0) is 14.5. The van der Waals surface area contributed by atoms with Gasteiger partial charge >= 0.3 is 0 Å². The molecule has 106 valence electrons. The highest BCUT2D eigenvalue weighted by Gasteiger charge is 2.32. The Hall–Kier alpha value is -1.54. The number of aryl methyl sites for hydroxylation is 2. The van der Waals surface area contributed by atoms with Gasteiger partial charge in [-0.3, -0.25) is 0 Å². The number of fused-ring (bicyclic) bond motifs is 1. The van der Waals surface area contributed by atoms with Crippen molar-refractivity contribution in [1.82, 2.24) is 4.57 Å². The third-order valence-electron chi connectivity index (χ3n) is 4.46. The minimum absolute atomic E-state index is 0.167. The van der Waals surface area contributed by atoms with Crippen molar-refractivity contribution in [1.29, 1.82) is 0 Å². The topological polar surface area (TPSA) is 30.9 Å². The fourth-order valence-corrected chi connectivity index (χ4v) is 3.54. The van der Waals surface area contributed by atoms with Crippen LogP contribution in [0, 0.1) is 19.3 Å². The molecule has 0 radical (unpaired) electrons. The minimum Gasteiger partial charge on any atom is -0.324 e. The molecule has 1 aliphatic rings. The minimum atomic E-state index is 0.167. The molecule has 1 aromatic heterocycles. The van der Waals surface area contributed by atoms with E-state index >= 15 is 0 Å². The highest BCUT2D eigenvalue weighted by Crippen LogP contribution is 2.41. The predicted octanol–water partition coefficient (Wildman–Crippen LogP) is 4.07. The van der Waals surface area contributed by atoms with E-state index in [1.165, 1.54) is 28.1 Å². The molecular formula is C18H24N2. The number of nitrogens with zero attached hydrogens (tertiary/aromatic N) is 1. The van der Waals surface area contributed by atoms with Gasteiger partial charge in [-0.05, 0) is 55.4 Å². The second-order valence-electron chi connectivity index (χ2n) is 7.03. The molecule has 20 heavy (non-hydrogen) atoms. The molecule has 0 saturated carbocycles. The summed E-state index contributed by atoms with van der Waals surface area (Å²) in [6.07, 6.45) is 4.34. The number of aromatic nitrogens is 1. The molecule has 0 spiro atoms. The Morgan fingerprint density at radius 3 is 2.65 bits per heavy atom. The molecule has 2 N–H and O–H groups in total. The van der Waals surface area contributed by atoms with E-state index < -0.39 is 0 Å². The maximum absolute atomic E-state index is 6.36. The molecule has 0 aliphatic heterocycles. The number of hydrogen-bond donors (Lipinski definition) is 1. The number of nitrogens with two attached hydrogens (primary N) is 1. The van der Waals surface area contributed by atoms with E-state index in [0.29, 0.717) is 0 Å². The number of rotatable bonds is 1. The average molecular weight is 268 g/mol. The maximum Gasteiger partial charge on any atom is 0.0481 e. The van der Waals surface area contributed by atoms with Crippen LogP contribution >= 0.6 is 0 Å². The zero-order valence-corrected chi connectivity index (χ0v) is 12.9. The molecule has 3 rings (SSSR count). The predicted molar refractivity (Wildman–Crippen MR) is 84.3 cm³/mol. The van der Waals surface area contributed by atoms with Gasteiger partial charge in [0.2, 0.25) is 0 Å². The number of benzene rings is 1. The lowest BCUT2D eigenvalue weighted by Crippen LogP contribution is -2.30. The highest BCUT2D eigenvalue weighted by atomic mass is 15.0. The maximum atomic E-state index is 6.36. The molecule has 0 saturated heterocycles. The largest absolute Gasteiger partial charge is 0.324 e. The van der Waals surface area contributed by atoms with E-state index in [1.807, 2.05) is 0 Å². The Bertz CT molecular complexity index is 649. The summed E-state index contributed by atoms with van der Waals surface area (Å²) in [5, 5.41) is 0. The third kappa shape index (κ3) is 2.18. The van der Waals surface area contributed by atoms with Crippen LogP contribution in [0.1, 0.15) is 48.7 Å². The smallest absolute Gasteiger partial charge is 0.0481 e. The fourth-order valence-electron chi connectivity index (χ4n) is 3.54. The van der Waals surface area contributed by atoms with Gasteiger partial charge < -0.3 is 10.3 Å². The number of hydrogen-bond acceptors (Lipinski definition) is 1. The Kier molecular flexibility index (Phi) is 3.02. The lowest BCUT2D eigenvalue weighted by atomic mass is 9.74. The Balaban J connectivity index is 2.13. The van der Waals surface area contributed by atoms with Gasteiger partial charge in [0.15, 0.2) is 0 Å². The SMILES string of the molecule is Cc1ccc(-n2ccc3c2CC(C)(C)CC3N)c(C)c1. The second kappa shape index (κ2) is 4.49. The van der Waals surface area contributed by atoms with Gasteiger partial charge in [-0.15, -0.1) is 0 Å². The Morgan fingerprint density at radius 1 is 1.20 bits per heavy atom. The Morgan fingerprint density at radius 2 is 1.95 bits per heavy atom. The summed E-state index contributed by atoms with van der Waals surface area (Å²) >= 11 is 0. The Labute approximate surface area is 121 Å². The van der Waals surface area contributed by atoms with Crippen molar-refractivity contribution in [3.8, 4) is 5.69 Å². The fraction of sp³-hybridized carbons (Fsp3) is 0.444. The van der Waals surface area contributed by atoms with Crippen LogP contribution in [0.25, 0.3) is 5.69 Å². The first kappa shape index (κ1) is 13.4. The first-order valence-corrected chi connectivity index (χ1v) is 7.41. The summed E-state index contributed by atoms with van der Waals surface area (Å²) in [5.41, 5.74) is 13.3. The van der Waals surface area contributed by atoms with Crippen LogP contribution in [0.3, 0.4) is 0 Å². The second-order valence-corrected chi connectivity index (χ2v) is 7.03. The first-order valence-electron chi connectivity index (χ1n) is 7.41. The van der Waals surface area contributed by atoms with E-state index in [4.69, 9.17) is 5.73 Å². The molecule has 2 nitrogen and oxygen atoms in total. The van der Waals surface area contributed by atoms with Gasteiger partial charge in [0.05, 0.1) is 0 Å². The summed E-state index contributed by atoms with van der Waals surface area (Å²) < 4.78 is 2.34. The van der Waals surface area contributed by atoms with E-state index in [0.717, 1.165) is 12.8 Å². The van der Waals surface area contributed by atoms with Crippen LogP contribution in [0.4, 0.5) is 0 Å². The third-order valence-corrected chi connectivity index (χ3v) is 4.46. The quantitative estimate of drug-likeness (QED) is 0.830. The first-order chi connectivity index (χ1) is 9.37. The molecule has 1 atom stereocenters. The molecule has 2 aromatic rings. The van der Waals surface area contributed by atoms with Gasteiger partial charge in [0.25, 0.3) is 0 Å². The van der Waals surface area contributed by atoms with Crippen molar-refractivity contribution >= 4 is 0 Å². The molecule has 1 aliphatic carbocycles. The van der Waals surface area contributed by atoms with E-state index in [2.05, 4.69) is 62.7 Å². The summed E-state index contributed by atoms with van der Waals surface area (Å²) in [4.78, 5) is 0. The van der Waals surface area contributed by atoms with Crippen LogP contribution in [0.15, 0.2) is 30.5 Å². The summed E-state index contributed by atoms with van der Waals surface area (Å²) in [5.74, 6) is 0. The normalized spacial score (nSPS) is 20.8. The van der Waals surface area contributed by atoms with E-state index in [1.54, 1.807) is 0 Å². The van der Waals surface area contributed by atoms with Crippen molar-refractivity contribution < 1.29 is 0 Å². The summed E-state index contributed by atoms with van der Waals surface area (Å²) in [7, 11) is 0. The summed E-state index contributed by atoms with van der Waals surface area (Å²) in [6.45, 7) is 8.95. The van der Waals surface area contributed by atoms with Crippen LogP contribution < -0.4 is 5.73 Å². The van der Waals surface area contributed by atoms with Crippen molar-refractivity contribution in [2.75, 3.05) is 0 Å². The van der Waals surface area contributed by atoms with Crippen molar-refractivity contribution in [2.45, 2.75) is 46.6 Å². The van der Waals surface area contributed by atoms with Gasteiger partial charge in [-0.25, -0.2) is 0 Å². The van der Waals surface area contributed by atoms with Gasteiger partial charge in [-0.2, -0.15) is 0 Å². The van der Waals surface area contributed by atoms with Crippen LogP contribution in [0.2, 0.25) is 0 Å². The van der Waals surface area contributed by atoms with E-state index in [9.17, 15) is 0 Å². The van der Waals surface area contributed by atoms with Crippen LogP contribution in [0.5, 0.6) is 0 Å². The van der Waals surface area contributed by atoms with Gasteiger partial charge in [-0.1, -0.05) is 31.5 Å². The van der Waals surface area contributed by atoms with Crippen LogP contribution in [-0.2, 0) is 6.42 Å². The lowest BCUT2D eigenvalue weighted by Gasteiger charge is -2.34. The van der Waals surface area contributed by atoms with Crippen molar-refractivity contribution in [3.63, 3.8) is 0 Å². The molecule has 1 unspecified atom stereocenters. The standard InChI is InChI=1S/C18H24N2/c1-12-5-6-16(13(2)9-12)20-8-7-14-15(19)10-18(3,4)11-17(14)20/h5-9,15H,10-11,19H2,1-4H3. The van der Waals surface area contributed by atoms with Crippen LogP contribution in [-0.4, -0.2) is 4.57 Å². The average Bonchev–Trinajstić information content (AvgIpc) is 2.71. The molecule has 1 heterocycles. The summed E-state index contributed by atoms with van der Waals surface area (Å²) in [6, 6.07) is 9.02. The highest BCUT2D eigenvalue weighted by molar-refractivity contribution is 5.47. The molecule has 0 amide bonds. The van der Waals surface area contributed by atoms with Gasteiger partial charge in [0.1, 0.15) is 0 Å².